The highest BCUT2D eigenvalue weighted by Gasteiger charge is 2.12. The quantitative estimate of drug-likeness (QED) is 0.630. The highest BCUT2D eigenvalue weighted by atomic mass is 79.9. The minimum atomic E-state index is -0.328. The van der Waals surface area contributed by atoms with Gasteiger partial charge in [0, 0.05) is 23.6 Å². The van der Waals surface area contributed by atoms with Crippen LogP contribution in [0.2, 0.25) is 0 Å². The summed E-state index contributed by atoms with van der Waals surface area (Å²) in [4.78, 5) is 24.3. The van der Waals surface area contributed by atoms with Crippen LogP contribution in [0.1, 0.15) is 12.0 Å². The van der Waals surface area contributed by atoms with Crippen LogP contribution in [-0.4, -0.2) is 15.1 Å². The summed E-state index contributed by atoms with van der Waals surface area (Å²) >= 11 is 3.42. The van der Waals surface area contributed by atoms with Gasteiger partial charge in [-0.3, -0.25) is 13.9 Å². The van der Waals surface area contributed by atoms with Crippen molar-refractivity contribution in [3.05, 3.63) is 69.1 Å². The minimum Gasteiger partial charge on any atom is -0.461 e. The summed E-state index contributed by atoms with van der Waals surface area (Å²) in [7, 11) is 1.73. The molecule has 1 aromatic heterocycles. The van der Waals surface area contributed by atoms with Crippen molar-refractivity contribution >= 4 is 32.9 Å². The smallest absolute Gasteiger partial charge is 0.328 e. The number of carbonyl (C=O) groups excluding carboxylic acids is 1. The second kappa shape index (κ2) is 7.05. The average Bonchev–Trinajstić information content (AvgIpc) is 2.84. The number of hydrogen-bond acceptors (Lipinski definition) is 3. The lowest BCUT2D eigenvalue weighted by Gasteiger charge is -2.07. The fourth-order valence-electron chi connectivity index (χ4n) is 2.63. The van der Waals surface area contributed by atoms with Crippen molar-refractivity contribution in [2.75, 3.05) is 0 Å². The first-order valence-electron chi connectivity index (χ1n) is 7.61. The maximum atomic E-state index is 12.3. The molecule has 1 heterocycles. The van der Waals surface area contributed by atoms with Crippen LogP contribution in [0.5, 0.6) is 0 Å². The number of rotatable bonds is 5. The Morgan fingerprint density at radius 2 is 1.75 bits per heavy atom. The molecule has 0 aliphatic carbocycles. The van der Waals surface area contributed by atoms with Crippen LogP contribution in [0.4, 0.5) is 0 Å². The number of benzene rings is 2. The molecule has 0 aliphatic rings. The number of ether oxygens (including phenoxy) is 1. The van der Waals surface area contributed by atoms with Crippen LogP contribution in [0.25, 0.3) is 11.0 Å². The summed E-state index contributed by atoms with van der Waals surface area (Å²) in [5, 5.41) is 0. The molecule has 0 saturated heterocycles. The van der Waals surface area contributed by atoms with Crippen LogP contribution in [-0.2, 0) is 29.7 Å². The molecule has 0 bridgehead atoms. The number of aryl methyl sites for hydroxylation is 2. The molecule has 124 valence electrons. The number of nitrogens with zero attached hydrogens (tertiary/aromatic N) is 2. The maximum Gasteiger partial charge on any atom is 0.328 e. The van der Waals surface area contributed by atoms with Gasteiger partial charge in [-0.25, -0.2) is 4.79 Å². The molecule has 5 nitrogen and oxygen atoms in total. The Kier molecular flexibility index (Phi) is 4.85. The van der Waals surface area contributed by atoms with Crippen molar-refractivity contribution in [3.63, 3.8) is 0 Å². The second-order valence-corrected chi connectivity index (χ2v) is 6.34. The molecule has 3 rings (SSSR count). The molecule has 0 unspecified atom stereocenters. The fourth-order valence-corrected chi connectivity index (χ4v) is 3.03. The Bertz CT molecular complexity index is 943. The number of imidazole rings is 1. The highest BCUT2D eigenvalue weighted by molar-refractivity contribution is 9.10. The first kappa shape index (κ1) is 16.5. The molecule has 0 amide bonds. The zero-order valence-electron chi connectivity index (χ0n) is 13.2. The Morgan fingerprint density at radius 1 is 1.08 bits per heavy atom. The normalized spacial score (nSPS) is 10.9. The van der Waals surface area contributed by atoms with E-state index in [1.165, 1.54) is 0 Å². The average molecular weight is 389 g/mol. The van der Waals surface area contributed by atoms with Crippen LogP contribution in [0.15, 0.2) is 57.8 Å². The molecule has 0 saturated carbocycles. The van der Waals surface area contributed by atoms with Crippen LogP contribution < -0.4 is 5.69 Å². The predicted octanol–water partition coefficient (Wildman–Crippen LogP) is 3.24. The minimum absolute atomic E-state index is 0.130. The monoisotopic (exact) mass is 388 g/mol. The number of hydrogen-bond donors (Lipinski definition) is 0. The number of fused-ring (bicyclic) bond motifs is 1. The van der Waals surface area contributed by atoms with E-state index in [9.17, 15) is 9.59 Å². The molecule has 0 spiro atoms. The fraction of sp³-hybridized carbons (Fsp3) is 0.222. The third-order valence-corrected chi connectivity index (χ3v) is 4.71. The van der Waals surface area contributed by atoms with Gasteiger partial charge in [-0.2, -0.15) is 0 Å². The van der Waals surface area contributed by atoms with E-state index in [0.717, 1.165) is 21.1 Å². The van der Waals surface area contributed by atoms with Crippen molar-refractivity contribution < 1.29 is 9.53 Å². The zero-order valence-corrected chi connectivity index (χ0v) is 14.8. The third kappa shape index (κ3) is 3.28. The van der Waals surface area contributed by atoms with E-state index in [0.29, 0.717) is 6.54 Å². The first-order valence-corrected chi connectivity index (χ1v) is 8.40. The number of aromatic nitrogens is 2. The maximum absolute atomic E-state index is 12.3. The van der Waals surface area contributed by atoms with Crippen LogP contribution in [0, 0.1) is 0 Å². The first-order chi connectivity index (χ1) is 11.6. The molecular weight excluding hydrogens is 372 g/mol. The van der Waals surface area contributed by atoms with Gasteiger partial charge in [-0.1, -0.05) is 46.3 Å². The van der Waals surface area contributed by atoms with Crippen molar-refractivity contribution in [2.45, 2.75) is 19.6 Å². The zero-order chi connectivity index (χ0) is 17.1. The van der Waals surface area contributed by atoms with Gasteiger partial charge in [-0.05, 0) is 18.2 Å². The molecular formula is C18H17BrN2O3. The van der Waals surface area contributed by atoms with Gasteiger partial charge in [0.1, 0.15) is 6.61 Å². The van der Waals surface area contributed by atoms with Crippen molar-refractivity contribution in [1.29, 1.82) is 0 Å². The summed E-state index contributed by atoms with van der Waals surface area (Å²) in [6, 6.07) is 15.1. The summed E-state index contributed by atoms with van der Waals surface area (Å²) in [6.07, 6.45) is 0.151. The van der Waals surface area contributed by atoms with Crippen molar-refractivity contribution in [3.8, 4) is 0 Å². The van der Waals surface area contributed by atoms with E-state index in [4.69, 9.17) is 4.74 Å². The SMILES string of the molecule is Cn1c(=O)n(CCC(=O)OCc2ccccc2Br)c2ccccc21. The van der Waals surface area contributed by atoms with Gasteiger partial charge in [0.25, 0.3) is 0 Å². The Morgan fingerprint density at radius 3 is 2.50 bits per heavy atom. The summed E-state index contributed by atoms with van der Waals surface area (Å²) in [5.41, 5.74) is 2.45. The molecule has 3 aromatic rings. The third-order valence-electron chi connectivity index (χ3n) is 3.94. The predicted molar refractivity (Wildman–Crippen MR) is 95.7 cm³/mol. The number of carbonyl (C=O) groups is 1. The van der Waals surface area contributed by atoms with Crippen LogP contribution in [0.3, 0.4) is 0 Å². The Hall–Kier alpha value is -2.34. The topological polar surface area (TPSA) is 53.2 Å². The molecule has 0 aliphatic heterocycles. The van der Waals surface area contributed by atoms with Gasteiger partial charge < -0.3 is 4.74 Å². The molecule has 0 radical (unpaired) electrons. The molecule has 24 heavy (non-hydrogen) atoms. The van der Waals surface area contributed by atoms with Crippen LogP contribution >= 0.6 is 15.9 Å². The molecule has 0 fully saturated rings. The van der Waals surface area contributed by atoms with Crippen molar-refractivity contribution in [1.82, 2.24) is 9.13 Å². The van der Waals surface area contributed by atoms with Gasteiger partial charge >= 0.3 is 11.7 Å². The summed E-state index contributed by atoms with van der Waals surface area (Å²) in [6.45, 7) is 0.514. The number of para-hydroxylation sites is 2. The van der Waals surface area contributed by atoms with Gasteiger partial charge in [0.15, 0.2) is 0 Å². The molecule has 0 atom stereocenters. The lowest BCUT2D eigenvalue weighted by atomic mass is 10.2. The lowest BCUT2D eigenvalue weighted by molar-refractivity contribution is -0.145. The Labute approximate surface area is 147 Å². The van der Waals surface area contributed by atoms with Gasteiger partial charge in [0.2, 0.25) is 0 Å². The standard InChI is InChI=1S/C18H17BrN2O3/c1-20-15-8-4-5-9-16(15)21(18(20)23)11-10-17(22)24-12-13-6-2-3-7-14(13)19/h2-9H,10-12H2,1H3. The molecule has 6 heteroatoms. The molecule has 0 N–H and O–H groups in total. The van der Waals surface area contributed by atoms with E-state index >= 15 is 0 Å². The number of halogens is 1. The van der Waals surface area contributed by atoms with E-state index in [-0.39, 0.29) is 24.7 Å². The second-order valence-electron chi connectivity index (χ2n) is 5.48. The van der Waals surface area contributed by atoms with Crippen molar-refractivity contribution in [2.24, 2.45) is 7.05 Å². The number of esters is 1. The Balaban J connectivity index is 1.66. The molecule has 2 aromatic carbocycles. The lowest BCUT2D eigenvalue weighted by Crippen LogP contribution is -2.23. The van der Waals surface area contributed by atoms with E-state index in [2.05, 4.69) is 15.9 Å². The summed E-state index contributed by atoms with van der Waals surface area (Å²) < 4.78 is 9.40. The highest BCUT2D eigenvalue weighted by Crippen LogP contribution is 2.17. The van der Waals surface area contributed by atoms with E-state index in [1.807, 2.05) is 48.5 Å². The van der Waals surface area contributed by atoms with E-state index in [1.54, 1.807) is 16.2 Å². The largest absolute Gasteiger partial charge is 0.461 e. The van der Waals surface area contributed by atoms with Gasteiger partial charge in [0.05, 0.1) is 17.5 Å². The summed E-state index contributed by atoms with van der Waals surface area (Å²) in [5.74, 6) is -0.328. The van der Waals surface area contributed by atoms with E-state index < -0.39 is 0 Å². The van der Waals surface area contributed by atoms with Gasteiger partial charge in [-0.15, -0.1) is 0 Å².